The van der Waals surface area contributed by atoms with Crippen molar-refractivity contribution in [1.82, 2.24) is 0 Å². The van der Waals surface area contributed by atoms with Crippen LogP contribution in [0.1, 0.15) is 13.8 Å². The molecule has 0 saturated carbocycles. The lowest BCUT2D eigenvalue weighted by atomic mass is 10.3. The summed E-state index contributed by atoms with van der Waals surface area (Å²) >= 11 is 2.88. The number of halogens is 4. The zero-order chi connectivity index (χ0) is 14.8. The normalized spacial score (nSPS) is 12.6. The van der Waals surface area contributed by atoms with Gasteiger partial charge in [0.1, 0.15) is 5.75 Å². The van der Waals surface area contributed by atoms with Gasteiger partial charge in [-0.25, -0.2) is 8.42 Å². The van der Waals surface area contributed by atoms with Crippen molar-refractivity contribution in [3.8, 4) is 5.75 Å². The average molecular weight is 362 g/mol. The first kappa shape index (κ1) is 16.1. The Morgan fingerprint density at radius 3 is 2.32 bits per heavy atom. The highest BCUT2D eigenvalue weighted by Gasteiger charge is 2.32. The van der Waals surface area contributed by atoms with Crippen LogP contribution >= 0.6 is 15.9 Å². The summed E-state index contributed by atoms with van der Waals surface area (Å²) < 4.78 is 65.3. The van der Waals surface area contributed by atoms with E-state index in [-0.39, 0.29) is 10.2 Å². The van der Waals surface area contributed by atoms with Gasteiger partial charge in [0.05, 0.1) is 9.72 Å². The van der Waals surface area contributed by atoms with E-state index in [1.54, 1.807) is 0 Å². The number of sulfonamides is 1. The van der Waals surface area contributed by atoms with Crippen molar-refractivity contribution in [1.29, 1.82) is 0 Å². The van der Waals surface area contributed by atoms with E-state index in [0.29, 0.717) is 0 Å². The summed E-state index contributed by atoms with van der Waals surface area (Å²) in [4.78, 5) is 0. The van der Waals surface area contributed by atoms with Crippen LogP contribution in [0, 0.1) is 0 Å². The second-order valence-corrected chi connectivity index (χ2v) is 6.98. The average Bonchev–Trinajstić information content (AvgIpc) is 2.19. The second-order valence-electron chi connectivity index (χ2n) is 3.89. The van der Waals surface area contributed by atoms with Crippen molar-refractivity contribution in [2.45, 2.75) is 25.5 Å². The standard InChI is InChI=1S/C10H11BrF3NO3S/c1-6(2)19(16,17)15-7-3-4-9(8(11)5-7)18-10(12,13)14/h3-6,15H,1-2H3. The Morgan fingerprint density at radius 2 is 1.89 bits per heavy atom. The summed E-state index contributed by atoms with van der Waals surface area (Å²) in [6, 6.07) is 3.41. The molecule has 0 fully saturated rings. The van der Waals surface area contributed by atoms with Crippen molar-refractivity contribution in [3.63, 3.8) is 0 Å². The van der Waals surface area contributed by atoms with Gasteiger partial charge in [0, 0.05) is 5.69 Å². The minimum absolute atomic E-state index is 0.00576. The number of nitrogens with one attached hydrogen (secondary N) is 1. The Kier molecular flexibility index (Phi) is 4.72. The fourth-order valence-corrected chi connectivity index (χ4v) is 2.20. The van der Waals surface area contributed by atoms with Crippen LogP contribution in [-0.2, 0) is 10.0 Å². The van der Waals surface area contributed by atoms with Gasteiger partial charge in [0.15, 0.2) is 0 Å². The molecule has 0 heterocycles. The molecule has 4 nitrogen and oxygen atoms in total. The van der Waals surface area contributed by atoms with Crippen LogP contribution < -0.4 is 9.46 Å². The number of benzene rings is 1. The summed E-state index contributed by atoms with van der Waals surface area (Å²) in [5.41, 5.74) is 0.148. The molecule has 0 spiro atoms. The van der Waals surface area contributed by atoms with E-state index in [1.807, 2.05) is 0 Å². The van der Waals surface area contributed by atoms with E-state index >= 15 is 0 Å². The Labute approximate surface area is 117 Å². The van der Waals surface area contributed by atoms with Gasteiger partial charge < -0.3 is 4.74 Å². The van der Waals surface area contributed by atoms with Gasteiger partial charge in [-0.05, 0) is 48.0 Å². The fraction of sp³-hybridized carbons (Fsp3) is 0.400. The van der Waals surface area contributed by atoms with E-state index in [0.717, 1.165) is 6.07 Å². The lowest BCUT2D eigenvalue weighted by Crippen LogP contribution is -2.22. The third-order valence-corrected chi connectivity index (χ3v) is 4.42. The van der Waals surface area contributed by atoms with Crippen LogP contribution in [0.15, 0.2) is 22.7 Å². The molecule has 0 amide bonds. The Balaban J connectivity index is 2.95. The van der Waals surface area contributed by atoms with Gasteiger partial charge >= 0.3 is 6.36 Å². The van der Waals surface area contributed by atoms with Crippen molar-refractivity contribution in [2.75, 3.05) is 4.72 Å². The fourth-order valence-electron chi connectivity index (χ4n) is 1.05. The maximum Gasteiger partial charge on any atom is 0.573 e. The molecule has 1 N–H and O–H groups in total. The predicted octanol–water partition coefficient (Wildman–Crippen LogP) is 3.50. The molecule has 0 saturated heterocycles. The smallest absolute Gasteiger partial charge is 0.405 e. The van der Waals surface area contributed by atoms with Crippen LogP contribution in [-0.4, -0.2) is 20.0 Å². The summed E-state index contributed by atoms with van der Waals surface area (Å²) in [6.07, 6.45) is -4.80. The lowest BCUT2D eigenvalue weighted by Gasteiger charge is -2.13. The number of rotatable bonds is 4. The van der Waals surface area contributed by atoms with Gasteiger partial charge in [-0.1, -0.05) is 0 Å². The Hall–Kier alpha value is -0.960. The molecule has 9 heteroatoms. The van der Waals surface area contributed by atoms with Crippen LogP contribution in [0.5, 0.6) is 5.75 Å². The lowest BCUT2D eigenvalue weighted by molar-refractivity contribution is -0.274. The number of alkyl halides is 3. The number of ether oxygens (including phenoxy) is 1. The van der Waals surface area contributed by atoms with Crippen molar-refractivity contribution >= 4 is 31.6 Å². The number of anilines is 1. The molecule has 108 valence electrons. The molecular formula is C10H11BrF3NO3S. The molecule has 1 aromatic carbocycles. The predicted molar refractivity (Wildman–Crippen MR) is 68.5 cm³/mol. The zero-order valence-corrected chi connectivity index (χ0v) is 12.4. The second kappa shape index (κ2) is 5.58. The quantitative estimate of drug-likeness (QED) is 0.892. The maximum absolute atomic E-state index is 12.0. The van der Waals surface area contributed by atoms with Crippen molar-refractivity contribution in [2.24, 2.45) is 0 Å². The highest BCUT2D eigenvalue weighted by atomic mass is 79.9. The highest BCUT2D eigenvalue weighted by molar-refractivity contribution is 9.10. The molecule has 0 atom stereocenters. The van der Waals surface area contributed by atoms with Crippen LogP contribution in [0.3, 0.4) is 0 Å². The van der Waals surface area contributed by atoms with Crippen molar-refractivity contribution < 1.29 is 26.3 Å². The van der Waals surface area contributed by atoms with Gasteiger partial charge in [-0.15, -0.1) is 13.2 Å². The Bertz CT molecular complexity index is 558. The molecule has 0 aromatic heterocycles. The maximum atomic E-state index is 12.0. The molecular weight excluding hydrogens is 351 g/mol. The minimum atomic E-state index is -4.80. The molecule has 0 aliphatic carbocycles. The molecule has 1 rings (SSSR count). The van der Waals surface area contributed by atoms with Gasteiger partial charge in [0.2, 0.25) is 10.0 Å². The first-order valence-electron chi connectivity index (χ1n) is 5.08. The monoisotopic (exact) mass is 361 g/mol. The molecule has 1 aromatic rings. The van der Waals surface area contributed by atoms with Gasteiger partial charge in [-0.2, -0.15) is 0 Å². The Morgan fingerprint density at radius 1 is 1.32 bits per heavy atom. The molecule has 0 unspecified atom stereocenters. The molecule has 0 aliphatic rings. The van der Waals surface area contributed by atoms with E-state index in [1.165, 1.54) is 26.0 Å². The van der Waals surface area contributed by atoms with Crippen molar-refractivity contribution in [3.05, 3.63) is 22.7 Å². The molecule has 19 heavy (non-hydrogen) atoms. The topological polar surface area (TPSA) is 55.4 Å². The first-order chi connectivity index (χ1) is 8.51. The molecule has 0 radical (unpaired) electrons. The minimum Gasteiger partial charge on any atom is -0.405 e. The third-order valence-electron chi connectivity index (χ3n) is 2.04. The summed E-state index contributed by atoms with van der Waals surface area (Å²) in [6.45, 7) is 2.97. The third kappa shape index (κ3) is 4.90. The largest absolute Gasteiger partial charge is 0.573 e. The van der Waals surface area contributed by atoms with Gasteiger partial charge in [-0.3, -0.25) is 4.72 Å². The summed E-state index contributed by atoms with van der Waals surface area (Å²) in [5, 5.41) is -0.655. The van der Waals surface area contributed by atoms with Crippen LogP contribution in [0.2, 0.25) is 0 Å². The van der Waals surface area contributed by atoms with E-state index in [4.69, 9.17) is 0 Å². The zero-order valence-electron chi connectivity index (χ0n) is 9.95. The number of hydrogen-bond acceptors (Lipinski definition) is 3. The molecule has 0 aliphatic heterocycles. The highest BCUT2D eigenvalue weighted by Crippen LogP contribution is 2.32. The summed E-state index contributed by atoms with van der Waals surface area (Å²) in [7, 11) is -3.55. The van der Waals surface area contributed by atoms with E-state index in [9.17, 15) is 21.6 Å². The van der Waals surface area contributed by atoms with Gasteiger partial charge in [0.25, 0.3) is 0 Å². The molecule has 0 bridgehead atoms. The first-order valence-corrected chi connectivity index (χ1v) is 7.42. The number of hydrogen-bond donors (Lipinski definition) is 1. The van der Waals surface area contributed by atoms with E-state index in [2.05, 4.69) is 25.4 Å². The summed E-state index contributed by atoms with van der Waals surface area (Å²) in [5.74, 6) is -0.444. The van der Waals surface area contributed by atoms with Crippen LogP contribution in [0.25, 0.3) is 0 Å². The van der Waals surface area contributed by atoms with E-state index < -0.39 is 27.4 Å². The van der Waals surface area contributed by atoms with Crippen LogP contribution in [0.4, 0.5) is 18.9 Å². The SMILES string of the molecule is CC(C)S(=O)(=O)Nc1ccc(OC(F)(F)F)c(Br)c1.